The molecule has 1 atom stereocenters. The molecule has 2 N–H and O–H groups in total. The van der Waals surface area contributed by atoms with Crippen molar-refractivity contribution in [1.29, 1.82) is 0 Å². The van der Waals surface area contributed by atoms with Crippen LogP contribution in [0.15, 0.2) is 12.3 Å². The Morgan fingerprint density at radius 3 is 2.88 bits per heavy atom. The zero-order valence-corrected chi connectivity index (χ0v) is 10.5. The van der Waals surface area contributed by atoms with Gasteiger partial charge in [-0.3, -0.25) is 5.84 Å². The summed E-state index contributed by atoms with van der Waals surface area (Å²) in [4.78, 5) is 4.07. The van der Waals surface area contributed by atoms with Crippen LogP contribution in [0, 0.1) is 0 Å². The van der Waals surface area contributed by atoms with Gasteiger partial charge >= 0.3 is 0 Å². The van der Waals surface area contributed by atoms with Crippen molar-refractivity contribution in [2.24, 2.45) is 5.84 Å². The number of rotatable bonds is 1. The van der Waals surface area contributed by atoms with Gasteiger partial charge < -0.3 is 0 Å². The highest BCUT2D eigenvalue weighted by atomic mass is 35.5. The average Bonchev–Trinajstić information content (AvgIpc) is 2.47. The third kappa shape index (κ3) is 2.66. The van der Waals surface area contributed by atoms with Crippen molar-refractivity contribution in [1.82, 2.24) is 9.99 Å². The van der Waals surface area contributed by atoms with E-state index in [0.717, 1.165) is 24.9 Å². The number of nitrogens with zero attached hydrogens (tertiary/aromatic N) is 2. The van der Waals surface area contributed by atoms with Gasteiger partial charge in [0, 0.05) is 12.7 Å². The lowest BCUT2D eigenvalue weighted by Gasteiger charge is -2.25. The van der Waals surface area contributed by atoms with Crippen LogP contribution in [0.5, 0.6) is 0 Å². The van der Waals surface area contributed by atoms with Gasteiger partial charge in [-0.2, -0.15) is 0 Å². The molecule has 0 radical (unpaired) electrons. The number of halogens is 2. The van der Waals surface area contributed by atoms with Crippen LogP contribution >= 0.6 is 23.2 Å². The lowest BCUT2D eigenvalue weighted by molar-refractivity contribution is 0.206. The maximum Gasteiger partial charge on any atom is 0.147 e. The van der Waals surface area contributed by atoms with E-state index in [0.29, 0.717) is 10.2 Å². The molecule has 2 rings (SSSR count). The minimum absolute atomic E-state index is 0.213. The third-order valence-electron chi connectivity index (χ3n) is 3.00. The van der Waals surface area contributed by atoms with Crippen LogP contribution in [-0.2, 0) is 0 Å². The number of hydrogen-bond acceptors (Lipinski definition) is 3. The average molecular weight is 260 g/mol. The van der Waals surface area contributed by atoms with E-state index < -0.39 is 0 Å². The van der Waals surface area contributed by atoms with Crippen LogP contribution in [0.25, 0.3) is 0 Å². The van der Waals surface area contributed by atoms with Crippen molar-refractivity contribution >= 4 is 23.2 Å². The first-order valence-electron chi connectivity index (χ1n) is 5.51. The van der Waals surface area contributed by atoms with Gasteiger partial charge in [-0.05, 0) is 24.5 Å². The lowest BCUT2D eigenvalue weighted by Crippen LogP contribution is -2.34. The molecule has 5 heteroatoms. The highest BCUT2D eigenvalue weighted by Gasteiger charge is 2.20. The molecular weight excluding hydrogens is 245 g/mol. The van der Waals surface area contributed by atoms with Crippen molar-refractivity contribution in [2.75, 3.05) is 6.54 Å². The molecule has 1 aromatic rings. The smallest absolute Gasteiger partial charge is 0.147 e. The van der Waals surface area contributed by atoms with E-state index in [-0.39, 0.29) is 6.04 Å². The minimum Gasteiger partial charge on any atom is -0.268 e. The molecule has 0 bridgehead atoms. The Bertz CT molecular complexity index is 370. The summed E-state index contributed by atoms with van der Waals surface area (Å²) in [5, 5.41) is 2.73. The van der Waals surface area contributed by atoms with Crippen LogP contribution in [0.2, 0.25) is 10.2 Å². The molecule has 1 fully saturated rings. The normalized spacial score (nSPS) is 23.1. The Balaban J connectivity index is 2.23. The second-order valence-electron chi connectivity index (χ2n) is 4.14. The molecule has 2 heterocycles. The van der Waals surface area contributed by atoms with E-state index in [1.165, 1.54) is 12.8 Å². The predicted molar refractivity (Wildman–Crippen MR) is 66.4 cm³/mol. The molecule has 0 aliphatic carbocycles. The van der Waals surface area contributed by atoms with Gasteiger partial charge in [-0.25, -0.2) is 9.99 Å². The van der Waals surface area contributed by atoms with E-state index in [4.69, 9.17) is 29.0 Å². The maximum absolute atomic E-state index is 6.03. The van der Waals surface area contributed by atoms with Gasteiger partial charge in [0.05, 0.1) is 11.1 Å². The van der Waals surface area contributed by atoms with Crippen molar-refractivity contribution in [3.8, 4) is 0 Å². The minimum atomic E-state index is 0.213. The molecule has 88 valence electrons. The zero-order valence-electron chi connectivity index (χ0n) is 9.00. The number of nitrogens with two attached hydrogens (primary N) is 1. The monoisotopic (exact) mass is 259 g/mol. The van der Waals surface area contributed by atoms with Gasteiger partial charge in [0.1, 0.15) is 5.15 Å². The van der Waals surface area contributed by atoms with Crippen molar-refractivity contribution < 1.29 is 0 Å². The largest absolute Gasteiger partial charge is 0.268 e. The van der Waals surface area contributed by atoms with Crippen LogP contribution in [0.1, 0.15) is 37.3 Å². The lowest BCUT2D eigenvalue weighted by atomic mass is 10.0. The van der Waals surface area contributed by atoms with Gasteiger partial charge in [0.15, 0.2) is 0 Å². The molecular formula is C11H15Cl2N3. The number of pyridine rings is 1. The van der Waals surface area contributed by atoms with E-state index in [2.05, 4.69) is 4.98 Å². The fourth-order valence-electron chi connectivity index (χ4n) is 2.11. The van der Waals surface area contributed by atoms with Crippen molar-refractivity contribution in [3.63, 3.8) is 0 Å². The van der Waals surface area contributed by atoms with Crippen LogP contribution in [0.3, 0.4) is 0 Å². The number of hydrogen-bond donors (Lipinski definition) is 1. The third-order valence-corrected chi connectivity index (χ3v) is 3.68. The van der Waals surface area contributed by atoms with Crippen molar-refractivity contribution in [2.45, 2.75) is 31.7 Å². The molecule has 16 heavy (non-hydrogen) atoms. The quantitative estimate of drug-likeness (QED) is 0.623. The predicted octanol–water partition coefficient (Wildman–Crippen LogP) is 3.18. The summed E-state index contributed by atoms with van der Waals surface area (Å²) in [6, 6.07) is 2.08. The first-order valence-corrected chi connectivity index (χ1v) is 6.26. The summed E-state index contributed by atoms with van der Waals surface area (Å²) in [7, 11) is 0. The molecule has 1 saturated heterocycles. The van der Waals surface area contributed by atoms with Crippen LogP contribution < -0.4 is 5.84 Å². The summed E-state index contributed by atoms with van der Waals surface area (Å²) < 4.78 is 0. The molecule has 1 aromatic heterocycles. The molecule has 1 aliphatic heterocycles. The summed E-state index contributed by atoms with van der Waals surface area (Å²) in [5.41, 5.74) is 1.05. The molecule has 0 unspecified atom stereocenters. The highest BCUT2D eigenvalue weighted by molar-refractivity contribution is 6.41. The SMILES string of the molecule is NN1CCCCC[C@@H]1c1cnc(Cl)c(Cl)c1. The Labute approximate surface area is 106 Å². The van der Waals surface area contributed by atoms with Crippen LogP contribution in [-0.4, -0.2) is 16.5 Å². The molecule has 0 saturated carbocycles. The van der Waals surface area contributed by atoms with E-state index in [9.17, 15) is 0 Å². The second-order valence-corrected chi connectivity index (χ2v) is 4.91. The van der Waals surface area contributed by atoms with E-state index >= 15 is 0 Å². The fourth-order valence-corrected chi connectivity index (χ4v) is 2.39. The molecule has 1 aliphatic rings. The van der Waals surface area contributed by atoms with Gasteiger partial charge in [-0.15, -0.1) is 0 Å². The second kappa shape index (κ2) is 5.32. The van der Waals surface area contributed by atoms with Gasteiger partial charge in [0.25, 0.3) is 0 Å². The first kappa shape index (κ1) is 12.1. The Morgan fingerprint density at radius 2 is 2.12 bits per heavy atom. The van der Waals surface area contributed by atoms with E-state index in [1.54, 1.807) is 6.20 Å². The first-order chi connectivity index (χ1) is 7.68. The number of hydrazine groups is 1. The Morgan fingerprint density at radius 1 is 1.31 bits per heavy atom. The van der Waals surface area contributed by atoms with Crippen molar-refractivity contribution in [3.05, 3.63) is 28.0 Å². The zero-order chi connectivity index (χ0) is 11.5. The summed E-state index contributed by atoms with van der Waals surface area (Å²) in [6.07, 6.45) is 6.40. The summed E-state index contributed by atoms with van der Waals surface area (Å²) in [6.45, 7) is 0.922. The standard InChI is InChI=1S/C11H15Cl2N3/c12-9-6-8(7-15-11(9)13)10-4-2-1-3-5-16(10)14/h6-7,10H,1-5,14H2/t10-/m1/s1. The molecule has 0 spiro atoms. The number of aromatic nitrogens is 1. The topological polar surface area (TPSA) is 42.1 Å². The summed E-state index contributed by atoms with van der Waals surface area (Å²) in [5.74, 6) is 6.03. The van der Waals surface area contributed by atoms with Crippen LogP contribution in [0.4, 0.5) is 0 Å². The maximum atomic E-state index is 6.03. The van der Waals surface area contributed by atoms with Gasteiger partial charge in [0.2, 0.25) is 0 Å². The Hall–Kier alpha value is -0.350. The van der Waals surface area contributed by atoms with Gasteiger partial charge in [-0.1, -0.05) is 36.0 Å². The Kier molecular flexibility index (Phi) is 4.03. The molecule has 0 amide bonds. The molecule has 0 aromatic carbocycles. The highest BCUT2D eigenvalue weighted by Crippen LogP contribution is 2.30. The fraction of sp³-hybridized carbons (Fsp3) is 0.545. The molecule has 3 nitrogen and oxygen atoms in total. The summed E-state index contributed by atoms with van der Waals surface area (Å²) >= 11 is 11.8. The van der Waals surface area contributed by atoms with E-state index in [1.807, 2.05) is 11.1 Å².